The van der Waals surface area contributed by atoms with E-state index in [1.807, 2.05) is 38.2 Å². The van der Waals surface area contributed by atoms with Crippen LogP contribution in [0.5, 0.6) is 0 Å². The molecule has 0 spiro atoms. The fraction of sp³-hybridized carbons (Fsp3) is 0.765. The number of aliphatic hydroxyl groups is 3. The molecule has 3 aliphatic heterocycles. The highest BCUT2D eigenvalue weighted by Gasteiger charge is 2.53. The summed E-state index contributed by atoms with van der Waals surface area (Å²) in [5, 5.41) is 33.9. The predicted octanol–water partition coefficient (Wildman–Crippen LogP) is 7.00. The molecule has 3 N–H and O–H groups in total. The Balaban J connectivity index is 1.68. The molecule has 13 heteroatoms. The van der Waals surface area contributed by atoms with Crippen LogP contribution in [0.25, 0.3) is 0 Å². The molecule has 0 radical (unpaired) electrons. The molecule has 1 amide bonds. The lowest BCUT2D eigenvalue weighted by molar-refractivity contribution is -0.265. The minimum absolute atomic E-state index is 0.106. The number of hydrogen-bond donors (Lipinski definition) is 3. The number of cyclic esters (lactones) is 1. The first kappa shape index (κ1) is 53.6. The summed E-state index contributed by atoms with van der Waals surface area (Å²) in [6.07, 6.45) is 14.3. The summed E-state index contributed by atoms with van der Waals surface area (Å²) < 4.78 is 29.7. The van der Waals surface area contributed by atoms with Gasteiger partial charge in [-0.05, 0) is 119 Å². The summed E-state index contributed by atoms with van der Waals surface area (Å²) >= 11 is 0. The van der Waals surface area contributed by atoms with Gasteiger partial charge < -0.3 is 43.9 Å². The minimum atomic E-state index is -2.40. The molecule has 1 saturated carbocycles. The topological polar surface area (TPSA) is 178 Å². The standard InChI is InChI=1S/C51H81NO12/c1-31-16-12-11-13-17-33(3)43(60-8)29-39-21-19-37(7)51(59,64-39)48(56)49(57)52-23-15-14-18-40(52)50(58)63-44(35(5)27-38-20-22-41(53)45(28-38)61-9)30-42(54)34(4)26-36(6)47(55)46(62-10)25-32(2)24-31/h11-13,16-17,26,31-32,34-35,37-41,43-47,53,55,59H,14-15,18-25,27-30H2,1-10H3/b13-11?,16-12+,33-17?,36-26+/t31-,32-,34-,35-,37-,38+,39+,40?,41-,43+,44+,45-,46+,47-,51-/m1/s1. The summed E-state index contributed by atoms with van der Waals surface area (Å²) in [5.74, 6) is -6.38. The molecular formula is C51H81NO12. The van der Waals surface area contributed by atoms with Crippen LogP contribution in [-0.4, -0.2) is 126 Å². The lowest BCUT2D eigenvalue weighted by Gasteiger charge is -2.42. The zero-order valence-corrected chi connectivity index (χ0v) is 40.4. The quantitative estimate of drug-likeness (QED) is 0.142. The number of allylic oxidation sites excluding steroid dienone is 6. The number of methoxy groups -OCH3 is 3. The Kier molecular flexibility index (Phi) is 21.1. The number of hydrogen-bond acceptors (Lipinski definition) is 12. The first-order valence-electron chi connectivity index (χ1n) is 24.0. The van der Waals surface area contributed by atoms with Gasteiger partial charge in [0.05, 0.1) is 30.5 Å². The number of aliphatic hydroxyl groups excluding tert-OH is 2. The number of esters is 1. The Hall–Kier alpha value is -3.04. The van der Waals surface area contributed by atoms with E-state index >= 15 is 0 Å². The van der Waals surface area contributed by atoms with Crippen molar-refractivity contribution in [1.82, 2.24) is 4.90 Å². The third-order valence-electron chi connectivity index (χ3n) is 14.5. The van der Waals surface area contributed by atoms with E-state index in [9.17, 15) is 34.5 Å². The predicted molar refractivity (Wildman–Crippen MR) is 245 cm³/mol. The van der Waals surface area contributed by atoms with Crippen molar-refractivity contribution >= 4 is 23.4 Å². The second-order valence-corrected chi connectivity index (χ2v) is 19.7. The van der Waals surface area contributed by atoms with E-state index in [0.29, 0.717) is 63.4 Å². The van der Waals surface area contributed by atoms with Gasteiger partial charge in [0.15, 0.2) is 0 Å². The van der Waals surface area contributed by atoms with Crippen molar-refractivity contribution in [2.45, 2.75) is 186 Å². The van der Waals surface area contributed by atoms with Crippen LogP contribution < -0.4 is 0 Å². The number of carbonyl (C=O) groups is 4. The van der Waals surface area contributed by atoms with Gasteiger partial charge in [-0.15, -0.1) is 0 Å². The number of ketones is 2. The third kappa shape index (κ3) is 14.5. The number of Topliss-reactive ketones (excluding diaryl/α,β-unsaturated/α-hetero) is 2. The average Bonchev–Trinajstić information content (AvgIpc) is 3.27. The Morgan fingerprint density at radius 2 is 1.55 bits per heavy atom. The first-order valence-corrected chi connectivity index (χ1v) is 24.0. The first-order chi connectivity index (χ1) is 30.3. The molecule has 64 heavy (non-hydrogen) atoms. The van der Waals surface area contributed by atoms with Crippen LogP contribution in [0, 0.1) is 35.5 Å². The van der Waals surface area contributed by atoms with Gasteiger partial charge in [-0.25, -0.2) is 4.79 Å². The van der Waals surface area contributed by atoms with Crippen LogP contribution in [0.1, 0.15) is 132 Å². The van der Waals surface area contributed by atoms with Crippen LogP contribution in [0.3, 0.4) is 0 Å². The Bertz CT molecular complexity index is 1670. The molecule has 362 valence electrons. The maximum atomic E-state index is 14.4. The van der Waals surface area contributed by atoms with Crippen molar-refractivity contribution in [1.29, 1.82) is 0 Å². The molecule has 1 unspecified atom stereocenters. The summed E-state index contributed by atoms with van der Waals surface area (Å²) in [4.78, 5) is 58.1. The number of nitrogens with zero attached hydrogens (tertiary/aromatic N) is 1. The van der Waals surface area contributed by atoms with Gasteiger partial charge in [0.1, 0.15) is 24.0 Å². The monoisotopic (exact) mass is 900 g/mol. The summed E-state index contributed by atoms with van der Waals surface area (Å²) in [6.45, 7) is 13.6. The Morgan fingerprint density at radius 1 is 0.828 bits per heavy atom. The third-order valence-corrected chi connectivity index (χ3v) is 14.5. The van der Waals surface area contributed by atoms with Gasteiger partial charge in [0, 0.05) is 52.6 Å². The molecule has 2 bridgehead atoms. The van der Waals surface area contributed by atoms with Crippen molar-refractivity contribution in [3.63, 3.8) is 0 Å². The fourth-order valence-electron chi connectivity index (χ4n) is 10.3. The summed E-state index contributed by atoms with van der Waals surface area (Å²) in [7, 11) is 4.78. The highest BCUT2D eigenvalue weighted by molar-refractivity contribution is 6.39. The molecule has 3 heterocycles. The van der Waals surface area contributed by atoms with Gasteiger partial charge in [0.25, 0.3) is 11.7 Å². The van der Waals surface area contributed by atoms with E-state index in [0.717, 1.165) is 18.4 Å². The minimum Gasteiger partial charge on any atom is -0.460 e. The number of carbonyl (C=O) groups excluding carboxylic acids is 4. The second kappa shape index (κ2) is 25.2. The van der Waals surface area contributed by atoms with Gasteiger partial charge in [0.2, 0.25) is 5.79 Å². The second-order valence-electron chi connectivity index (χ2n) is 19.7. The number of fused-ring (bicyclic) bond motifs is 3. The zero-order chi connectivity index (χ0) is 47.3. The van der Waals surface area contributed by atoms with Crippen LogP contribution in [0.4, 0.5) is 0 Å². The summed E-state index contributed by atoms with van der Waals surface area (Å²) in [5.41, 5.74) is 1.54. The Labute approximate surface area is 383 Å². The highest BCUT2D eigenvalue weighted by atomic mass is 16.6. The average molecular weight is 900 g/mol. The maximum absolute atomic E-state index is 14.4. The lowest BCUT2D eigenvalue weighted by atomic mass is 9.78. The number of piperidine rings is 1. The summed E-state index contributed by atoms with van der Waals surface area (Å²) in [6, 6.07) is -1.10. The van der Waals surface area contributed by atoms with Gasteiger partial charge in [-0.1, -0.05) is 71.1 Å². The van der Waals surface area contributed by atoms with Gasteiger partial charge in [-0.3, -0.25) is 14.4 Å². The number of rotatable bonds is 6. The molecule has 4 rings (SSSR count). The van der Waals surface area contributed by atoms with Gasteiger partial charge >= 0.3 is 5.97 Å². The molecule has 13 nitrogen and oxygen atoms in total. The van der Waals surface area contributed by atoms with Gasteiger partial charge in [-0.2, -0.15) is 0 Å². The van der Waals surface area contributed by atoms with E-state index in [1.165, 1.54) is 4.90 Å². The van der Waals surface area contributed by atoms with Crippen LogP contribution in [-0.2, 0) is 42.9 Å². The number of amides is 1. The molecule has 15 atom stereocenters. The van der Waals surface area contributed by atoms with Crippen LogP contribution in [0.15, 0.2) is 47.6 Å². The lowest BCUT2D eigenvalue weighted by Crippen LogP contribution is -2.61. The van der Waals surface area contributed by atoms with E-state index in [1.54, 1.807) is 48.2 Å². The van der Waals surface area contributed by atoms with Crippen molar-refractivity contribution in [3.05, 3.63) is 47.6 Å². The van der Waals surface area contributed by atoms with Crippen LogP contribution >= 0.6 is 0 Å². The van der Waals surface area contributed by atoms with E-state index in [4.69, 9.17) is 23.7 Å². The van der Waals surface area contributed by atoms with Crippen molar-refractivity contribution in [3.8, 4) is 0 Å². The normalized spacial score (nSPS) is 39.5. The highest BCUT2D eigenvalue weighted by Crippen LogP contribution is 2.38. The van der Waals surface area contributed by atoms with E-state index in [-0.39, 0.29) is 61.0 Å². The molecule has 3 fully saturated rings. The fourth-order valence-corrected chi connectivity index (χ4v) is 10.3. The molecule has 0 aromatic rings. The molecule has 0 aromatic heterocycles. The molecule has 4 aliphatic rings. The van der Waals surface area contributed by atoms with Crippen molar-refractivity contribution < 1.29 is 58.2 Å². The maximum Gasteiger partial charge on any atom is 0.329 e. The van der Waals surface area contributed by atoms with Crippen molar-refractivity contribution in [2.24, 2.45) is 35.5 Å². The Morgan fingerprint density at radius 3 is 2.23 bits per heavy atom. The molecule has 0 aromatic carbocycles. The van der Waals surface area contributed by atoms with Crippen LogP contribution in [0.2, 0.25) is 0 Å². The number of ether oxygens (including phenoxy) is 5. The van der Waals surface area contributed by atoms with E-state index in [2.05, 4.69) is 19.9 Å². The molecule has 2 saturated heterocycles. The SMILES string of the molecule is CO[C@H]1C[C@@H]2CC[C@@H](C)[C@@](O)(O2)C(=O)C(=O)N2CCCCC2C(=O)O[C@H]([C@H](C)C[C@@H]2CC[C@@H](O)[C@H](OC)C2)CC(=O)[C@H](C)/C=C(\C)[C@@H](O)[C@@H](OC)C[C@H](C)C[C@H](C)/C=C/C=CC=C1C. The largest absolute Gasteiger partial charge is 0.460 e. The molecule has 1 aliphatic carbocycles. The van der Waals surface area contributed by atoms with E-state index < -0.39 is 71.8 Å². The molecular weight excluding hydrogens is 819 g/mol. The van der Waals surface area contributed by atoms with Crippen molar-refractivity contribution in [2.75, 3.05) is 27.9 Å². The smallest absolute Gasteiger partial charge is 0.329 e. The zero-order valence-electron chi connectivity index (χ0n) is 40.4.